The number of carboxylic acid groups (broad SMARTS) is 1. The van der Waals surface area contributed by atoms with Gasteiger partial charge in [-0.1, -0.05) is 0 Å². The third kappa shape index (κ3) is 8.60. The second kappa shape index (κ2) is 6.23. The highest BCUT2D eigenvalue weighted by atomic mass is 32.2. The van der Waals surface area contributed by atoms with Gasteiger partial charge in [-0.05, 0) is 6.42 Å². The molecule has 0 spiro atoms. The van der Waals surface area contributed by atoms with Crippen molar-refractivity contribution in [2.75, 3.05) is 6.61 Å². The molecule has 0 aliphatic heterocycles. The number of carbonyl (C=O) groups is 2. The smallest absolute Gasteiger partial charge is 0.420 e. The van der Waals surface area contributed by atoms with Crippen molar-refractivity contribution in [3.63, 3.8) is 0 Å². The van der Waals surface area contributed by atoms with Crippen LogP contribution in [0.15, 0.2) is 0 Å². The molecule has 0 saturated heterocycles. The Balaban J connectivity index is 3.42. The summed E-state index contributed by atoms with van der Waals surface area (Å²) in [7, 11) is -3.01. The van der Waals surface area contributed by atoms with Gasteiger partial charge in [-0.25, -0.2) is 17.9 Å². The van der Waals surface area contributed by atoms with Crippen LogP contribution in [0.4, 0.5) is 4.79 Å². The Morgan fingerprint density at radius 1 is 1.38 bits per heavy atom. The van der Waals surface area contributed by atoms with Crippen LogP contribution in [0.1, 0.15) is 12.8 Å². The zero-order valence-corrected chi connectivity index (χ0v) is 7.45. The minimum absolute atomic E-state index is 0.124. The van der Waals surface area contributed by atoms with Crippen molar-refractivity contribution in [3.8, 4) is 0 Å². The predicted octanol–water partition coefficient (Wildman–Crippen LogP) is -0.896. The lowest BCUT2D eigenvalue weighted by molar-refractivity contribution is -0.137. The first-order chi connectivity index (χ1) is 6.02. The second-order valence-electron chi connectivity index (χ2n) is 2.00. The molecule has 0 aromatic carbocycles. The molecule has 8 heteroatoms. The highest BCUT2D eigenvalue weighted by Gasteiger charge is 2.02. The number of carbonyl (C=O) groups excluding carboxylic acids is 1. The van der Waals surface area contributed by atoms with Crippen molar-refractivity contribution in [1.29, 1.82) is 0 Å². The van der Waals surface area contributed by atoms with E-state index in [4.69, 9.17) is 5.11 Å². The summed E-state index contributed by atoms with van der Waals surface area (Å²) in [5.41, 5.74) is 0. The van der Waals surface area contributed by atoms with E-state index in [1.54, 1.807) is 0 Å². The topological polar surface area (TPSA) is 110 Å². The second-order valence-corrected chi connectivity index (χ2v) is 2.74. The Kier molecular flexibility index (Phi) is 5.60. The summed E-state index contributed by atoms with van der Waals surface area (Å²) in [5, 5.41) is 8.17. The maximum Gasteiger partial charge on any atom is 0.420 e. The summed E-state index contributed by atoms with van der Waals surface area (Å²) in [6.07, 6.45) is -1.07. The van der Waals surface area contributed by atoms with Gasteiger partial charge < -0.3 is 9.84 Å². The number of rotatable bonds is 5. The van der Waals surface area contributed by atoms with Gasteiger partial charge in [-0.15, -0.1) is 0 Å². The van der Waals surface area contributed by atoms with Gasteiger partial charge in [0.2, 0.25) is 10.9 Å². The van der Waals surface area contributed by atoms with Crippen molar-refractivity contribution in [2.45, 2.75) is 12.8 Å². The van der Waals surface area contributed by atoms with Gasteiger partial charge in [-0.2, -0.15) is 0 Å². The molecule has 0 saturated carbocycles. The fourth-order valence-corrected chi connectivity index (χ4v) is 0.709. The van der Waals surface area contributed by atoms with E-state index in [0.717, 1.165) is 0 Å². The largest absolute Gasteiger partial charge is 0.481 e. The van der Waals surface area contributed by atoms with Crippen LogP contribution < -0.4 is 4.72 Å². The van der Waals surface area contributed by atoms with Crippen LogP contribution >= 0.6 is 0 Å². The Morgan fingerprint density at radius 3 is 2.46 bits per heavy atom. The van der Waals surface area contributed by atoms with Crippen LogP contribution in [0.25, 0.3) is 0 Å². The van der Waals surface area contributed by atoms with E-state index >= 15 is 0 Å². The van der Waals surface area contributed by atoms with E-state index in [1.807, 2.05) is 0 Å². The first-order valence-electron chi connectivity index (χ1n) is 3.32. The molecule has 0 fully saturated rings. The molecule has 1 amide bonds. The highest BCUT2D eigenvalue weighted by Crippen LogP contribution is 1.90. The molecule has 0 unspecified atom stereocenters. The average molecular weight is 211 g/mol. The molecule has 0 aliphatic carbocycles. The first kappa shape index (κ1) is 11.7. The average Bonchev–Trinajstić information content (AvgIpc) is 1.96. The summed E-state index contributed by atoms with van der Waals surface area (Å²) < 4.78 is 25.5. The van der Waals surface area contributed by atoms with E-state index < -0.39 is 23.0 Å². The summed E-state index contributed by atoms with van der Waals surface area (Å²) in [4.78, 5) is 20.4. The van der Waals surface area contributed by atoms with Crippen LogP contribution in [0.3, 0.4) is 0 Å². The number of nitrogens with one attached hydrogen (secondary N) is 1. The first-order valence-corrected chi connectivity index (χ1v) is 4.49. The lowest BCUT2D eigenvalue weighted by Gasteiger charge is -2.00. The van der Waals surface area contributed by atoms with Crippen molar-refractivity contribution in [1.82, 2.24) is 4.72 Å². The van der Waals surface area contributed by atoms with Crippen LogP contribution in [0, 0.1) is 0 Å². The quantitative estimate of drug-likeness (QED) is 0.401. The molecule has 0 aromatic heterocycles. The third-order valence-electron chi connectivity index (χ3n) is 0.951. The normalized spacial score (nSPS) is 9.62. The molecule has 0 rings (SSSR count). The van der Waals surface area contributed by atoms with E-state index in [9.17, 15) is 18.0 Å². The van der Waals surface area contributed by atoms with Gasteiger partial charge >= 0.3 is 12.1 Å². The van der Waals surface area contributed by atoms with Crippen molar-refractivity contribution in [2.24, 2.45) is 0 Å². The summed E-state index contributed by atoms with van der Waals surface area (Å²) >= 11 is 0. The molecule has 0 heterocycles. The number of hydrogen-bond donors (Lipinski definition) is 3. The molecule has 7 nitrogen and oxygen atoms in total. The lowest BCUT2D eigenvalue weighted by atomic mass is 10.3. The van der Waals surface area contributed by atoms with Gasteiger partial charge in [0.25, 0.3) is 0 Å². The van der Waals surface area contributed by atoms with Crippen LogP contribution in [0.5, 0.6) is 0 Å². The number of amides is 1. The van der Waals surface area contributed by atoms with E-state index in [0.29, 0.717) is 0 Å². The van der Waals surface area contributed by atoms with Gasteiger partial charge in [0.15, 0.2) is 0 Å². The Hall–Kier alpha value is -1.31. The Morgan fingerprint density at radius 2 is 2.00 bits per heavy atom. The summed E-state index contributed by atoms with van der Waals surface area (Å²) in [6.45, 7) is -0.124. The predicted molar refractivity (Wildman–Crippen MR) is 41.7 cm³/mol. The minimum atomic E-state index is -3.01. The van der Waals surface area contributed by atoms with Gasteiger partial charge in [-0.3, -0.25) is 4.79 Å². The SMILES string of the molecule is O=C(O)CCCOC(=O)N[SH](=O)=O. The Labute approximate surface area is 75.8 Å². The number of aliphatic carboxylic acids is 1. The van der Waals surface area contributed by atoms with Crippen LogP contribution in [-0.4, -0.2) is 32.2 Å². The molecule has 76 valence electrons. The number of hydrogen-bond acceptors (Lipinski definition) is 5. The van der Waals surface area contributed by atoms with Gasteiger partial charge in [0.05, 0.1) is 6.61 Å². The zero-order chi connectivity index (χ0) is 10.3. The third-order valence-corrected chi connectivity index (χ3v) is 1.32. The molecule has 0 aromatic rings. The minimum Gasteiger partial charge on any atom is -0.481 e. The van der Waals surface area contributed by atoms with E-state index in [2.05, 4.69) is 4.74 Å². The molecular weight excluding hydrogens is 202 g/mol. The van der Waals surface area contributed by atoms with Gasteiger partial charge in [0, 0.05) is 6.42 Å². The standard InChI is InChI=1S/C5H9NO6S/c7-4(8)2-1-3-12-5(9)6-13(10)11/h13H,1-3H2,(H,7,8)(H,6,9,10,11). The monoisotopic (exact) mass is 211 g/mol. The molecular formula is C5H9NO6S. The van der Waals surface area contributed by atoms with E-state index in [1.165, 1.54) is 4.72 Å². The molecule has 0 atom stereocenters. The maximum atomic E-state index is 10.4. The molecule has 13 heavy (non-hydrogen) atoms. The maximum absolute atomic E-state index is 10.4. The van der Waals surface area contributed by atoms with Crippen LogP contribution in [-0.2, 0) is 20.4 Å². The molecule has 0 bridgehead atoms. The lowest BCUT2D eigenvalue weighted by Crippen LogP contribution is -2.22. The van der Waals surface area contributed by atoms with Gasteiger partial charge in [0.1, 0.15) is 0 Å². The van der Waals surface area contributed by atoms with Crippen LogP contribution in [0.2, 0.25) is 0 Å². The van der Waals surface area contributed by atoms with Crippen molar-refractivity contribution in [3.05, 3.63) is 0 Å². The Bertz CT molecular complexity index is 252. The molecule has 0 radical (unpaired) electrons. The van der Waals surface area contributed by atoms with E-state index in [-0.39, 0.29) is 19.4 Å². The highest BCUT2D eigenvalue weighted by molar-refractivity contribution is 7.70. The summed E-state index contributed by atoms with van der Waals surface area (Å²) in [6, 6.07) is 0. The van der Waals surface area contributed by atoms with Crippen molar-refractivity contribution >= 4 is 23.0 Å². The van der Waals surface area contributed by atoms with Crippen molar-refractivity contribution < 1.29 is 27.9 Å². The zero-order valence-electron chi connectivity index (χ0n) is 6.56. The molecule has 0 aliphatic rings. The number of thiol groups is 1. The summed E-state index contributed by atoms with van der Waals surface area (Å²) in [5.74, 6) is -1.00. The number of carboxylic acids is 1. The fraction of sp³-hybridized carbons (Fsp3) is 0.600. The molecule has 2 N–H and O–H groups in total. The number of ether oxygens (including phenoxy) is 1. The fourth-order valence-electron chi connectivity index (χ4n) is 0.495.